The van der Waals surface area contributed by atoms with Crippen LogP contribution in [0.2, 0.25) is 10.0 Å². The maximum atomic E-state index is 13.6. The Balaban J connectivity index is 1.88. The lowest BCUT2D eigenvalue weighted by Crippen LogP contribution is -2.51. The average molecular weight is 530 g/mol. The van der Waals surface area contributed by atoms with Crippen LogP contribution < -0.4 is 5.32 Å². The summed E-state index contributed by atoms with van der Waals surface area (Å²) < 4.78 is 0. The summed E-state index contributed by atoms with van der Waals surface area (Å²) in [6.45, 7) is 2.90. The van der Waals surface area contributed by atoms with Crippen molar-refractivity contribution in [1.29, 1.82) is 0 Å². The molecule has 2 amide bonds. The van der Waals surface area contributed by atoms with Crippen LogP contribution in [0.4, 0.5) is 0 Å². The van der Waals surface area contributed by atoms with Gasteiger partial charge in [0.05, 0.1) is 5.75 Å². The molecule has 7 heteroatoms. The molecule has 0 spiro atoms. The van der Waals surface area contributed by atoms with E-state index in [0.717, 1.165) is 28.9 Å². The Hall–Kier alpha value is -2.47. The Labute approximate surface area is 222 Å². The molecule has 0 aromatic heterocycles. The largest absolute Gasteiger partial charge is 0.354 e. The van der Waals surface area contributed by atoms with E-state index in [0.29, 0.717) is 23.0 Å². The van der Waals surface area contributed by atoms with E-state index in [1.165, 1.54) is 11.8 Å². The van der Waals surface area contributed by atoms with Crippen LogP contribution in [-0.4, -0.2) is 35.1 Å². The number of unbranched alkanes of at least 4 members (excludes halogenated alkanes) is 1. The molecule has 1 unspecified atom stereocenters. The van der Waals surface area contributed by atoms with E-state index in [1.54, 1.807) is 23.1 Å². The quantitative estimate of drug-likeness (QED) is 0.211. The van der Waals surface area contributed by atoms with E-state index in [1.807, 2.05) is 60.7 Å². The third kappa shape index (κ3) is 8.60. The van der Waals surface area contributed by atoms with Gasteiger partial charge in [-0.15, -0.1) is 11.8 Å². The van der Waals surface area contributed by atoms with Gasteiger partial charge >= 0.3 is 0 Å². The zero-order chi connectivity index (χ0) is 25.0. The second-order valence-corrected chi connectivity index (χ2v) is 10.1. The van der Waals surface area contributed by atoms with Crippen molar-refractivity contribution in [2.75, 3.05) is 12.3 Å². The highest BCUT2D eigenvalue weighted by atomic mass is 35.5. The summed E-state index contributed by atoms with van der Waals surface area (Å²) in [5.74, 6) is -0.0878. The number of nitrogens with one attached hydrogen (secondary N) is 1. The number of nitrogens with zero attached hydrogens (tertiary/aromatic N) is 1. The predicted molar refractivity (Wildman–Crippen MR) is 146 cm³/mol. The van der Waals surface area contributed by atoms with E-state index in [-0.39, 0.29) is 24.1 Å². The zero-order valence-corrected chi connectivity index (χ0v) is 22.1. The van der Waals surface area contributed by atoms with E-state index in [9.17, 15) is 9.59 Å². The minimum atomic E-state index is -0.663. The molecule has 0 fully saturated rings. The lowest BCUT2D eigenvalue weighted by Gasteiger charge is -2.32. The van der Waals surface area contributed by atoms with Gasteiger partial charge in [-0.2, -0.15) is 0 Å². The van der Waals surface area contributed by atoms with Crippen LogP contribution in [0.25, 0.3) is 0 Å². The fourth-order valence-corrected chi connectivity index (χ4v) is 4.74. The van der Waals surface area contributed by atoms with Gasteiger partial charge in [0, 0.05) is 34.5 Å². The van der Waals surface area contributed by atoms with Gasteiger partial charge < -0.3 is 10.2 Å². The Morgan fingerprint density at radius 1 is 0.943 bits per heavy atom. The van der Waals surface area contributed by atoms with Crippen molar-refractivity contribution in [3.63, 3.8) is 0 Å². The zero-order valence-electron chi connectivity index (χ0n) is 19.8. The minimum absolute atomic E-state index is 0.128. The standard InChI is InChI=1S/C28H30Cl2N2O2S/c1-2-3-17-31-28(34)26(18-21-9-5-4-6-10-21)32(19-22-11-7-8-12-25(22)30)27(33)20-35-24-15-13-23(29)14-16-24/h4-16,26H,2-3,17-20H2,1H3,(H,31,34). The number of hydrogen-bond donors (Lipinski definition) is 1. The van der Waals surface area contributed by atoms with Gasteiger partial charge in [0.2, 0.25) is 11.8 Å². The van der Waals surface area contributed by atoms with Gasteiger partial charge in [-0.1, -0.05) is 85.1 Å². The number of benzene rings is 3. The Morgan fingerprint density at radius 2 is 1.63 bits per heavy atom. The number of rotatable bonds is 12. The molecule has 3 aromatic carbocycles. The highest BCUT2D eigenvalue weighted by molar-refractivity contribution is 8.00. The van der Waals surface area contributed by atoms with Gasteiger partial charge in [0.15, 0.2) is 0 Å². The highest BCUT2D eigenvalue weighted by Crippen LogP contribution is 2.24. The molecule has 184 valence electrons. The molecule has 0 aliphatic heterocycles. The normalized spacial score (nSPS) is 11.6. The van der Waals surface area contributed by atoms with Crippen LogP contribution in [0.3, 0.4) is 0 Å². The average Bonchev–Trinajstić information content (AvgIpc) is 2.87. The number of thioether (sulfide) groups is 1. The van der Waals surface area contributed by atoms with Gasteiger partial charge in [0.25, 0.3) is 0 Å². The molecule has 0 radical (unpaired) electrons. The van der Waals surface area contributed by atoms with Gasteiger partial charge in [0.1, 0.15) is 6.04 Å². The number of hydrogen-bond acceptors (Lipinski definition) is 3. The summed E-state index contributed by atoms with van der Waals surface area (Å²) in [6.07, 6.45) is 2.28. The van der Waals surface area contributed by atoms with Gasteiger partial charge in [-0.05, 0) is 47.9 Å². The van der Waals surface area contributed by atoms with E-state index >= 15 is 0 Å². The number of amides is 2. The molecule has 4 nitrogen and oxygen atoms in total. The summed E-state index contributed by atoms with van der Waals surface area (Å²) in [5.41, 5.74) is 1.80. The molecular formula is C28H30Cl2N2O2S. The number of halogens is 2. The van der Waals surface area contributed by atoms with Crippen LogP contribution in [-0.2, 0) is 22.6 Å². The summed E-state index contributed by atoms with van der Waals surface area (Å²) in [4.78, 5) is 29.6. The minimum Gasteiger partial charge on any atom is -0.354 e. The second-order valence-electron chi connectivity index (χ2n) is 8.21. The molecular weight excluding hydrogens is 499 g/mol. The lowest BCUT2D eigenvalue weighted by atomic mass is 10.0. The SMILES string of the molecule is CCCCNC(=O)C(Cc1ccccc1)N(Cc1ccccc1Cl)C(=O)CSc1ccc(Cl)cc1. The maximum Gasteiger partial charge on any atom is 0.243 e. The monoisotopic (exact) mass is 528 g/mol. The predicted octanol–water partition coefficient (Wildman–Crippen LogP) is 6.64. The fourth-order valence-electron chi connectivity index (χ4n) is 3.63. The third-order valence-corrected chi connectivity index (χ3v) is 7.19. The summed E-state index contributed by atoms with van der Waals surface area (Å²) >= 11 is 13.9. The Morgan fingerprint density at radius 3 is 2.31 bits per heavy atom. The van der Waals surface area contributed by atoms with E-state index in [2.05, 4.69) is 12.2 Å². The summed E-state index contributed by atoms with van der Waals surface area (Å²) in [5, 5.41) is 4.25. The van der Waals surface area contributed by atoms with Crippen molar-refractivity contribution in [3.8, 4) is 0 Å². The van der Waals surface area contributed by atoms with Crippen molar-refractivity contribution in [3.05, 3.63) is 100 Å². The number of carbonyl (C=O) groups is 2. The van der Waals surface area contributed by atoms with Crippen molar-refractivity contribution in [2.45, 2.75) is 43.7 Å². The number of carbonyl (C=O) groups excluding carboxylic acids is 2. The first kappa shape index (κ1) is 27.1. The molecule has 0 heterocycles. The molecule has 3 aromatic rings. The van der Waals surface area contributed by atoms with Crippen molar-refractivity contribution in [1.82, 2.24) is 10.2 Å². The fraction of sp³-hybridized carbons (Fsp3) is 0.286. The second kappa shape index (κ2) is 14.2. The lowest BCUT2D eigenvalue weighted by molar-refractivity contribution is -0.139. The van der Waals surface area contributed by atoms with Crippen LogP contribution in [0, 0.1) is 0 Å². The molecule has 0 aliphatic rings. The first-order valence-electron chi connectivity index (χ1n) is 11.7. The maximum absolute atomic E-state index is 13.6. The third-order valence-electron chi connectivity index (χ3n) is 5.58. The van der Waals surface area contributed by atoms with E-state index in [4.69, 9.17) is 23.2 Å². The van der Waals surface area contributed by atoms with Crippen molar-refractivity contribution < 1.29 is 9.59 Å². The van der Waals surface area contributed by atoms with Crippen LogP contribution in [0.1, 0.15) is 30.9 Å². The molecule has 0 aliphatic carbocycles. The molecule has 0 saturated carbocycles. The molecule has 35 heavy (non-hydrogen) atoms. The molecule has 3 rings (SSSR count). The first-order chi connectivity index (χ1) is 17.0. The Kier molecular flexibility index (Phi) is 11.0. The summed E-state index contributed by atoms with van der Waals surface area (Å²) in [7, 11) is 0. The molecule has 0 bridgehead atoms. The Bertz CT molecular complexity index is 1090. The molecule has 1 N–H and O–H groups in total. The van der Waals surface area contributed by atoms with E-state index < -0.39 is 6.04 Å². The molecule has 0 saturated heterocycles. The van der Waals surface area contributed by atoms with Gasteiger partial charge in [-0.3, -0.25) is 9.59 Å². The van der Waals surface area contributed by atoms with Crippen molar-refractivity contribution >= 4 is 46.8 Å². The van der Waals surface area contributed by atoms with Gasteiger partial charge in [-0.25, -0.2) is 0 Å². The first-order valence-corrected chi connectivity index (χ1v) is 13.4. The van der Waals surface area contributed by atoms with Crippen molar-refractivity contribution in [2.24, 2.45) is 0 Å². The van der Waals surface area contributed by atoms with Crippen LogP contribution >= 0.6 is 35.0 Å². The van der Waals surface area contributed by atoms with Crippen LogP contribution in [0.5, 0.6) is 0 Å². The molecule has 1 atom stereocenters. The van der Waals surface area contributed by atoms with Crippen LogP contribution in [0.15, 0.2) is 83.8 Å². The summed E-state index contributed by atoms with van der Waals surface area (Å²) in [6, 6.07) is 23.9. The highest BCUT2D eigenvalue weighted by Gasteiger charge is 2.30. The topological polar surface area (TPSA) is 49.4 Å². The smallest absolute Gasteiger partial charge is 0.243 e.